The van der Waals surface area contributed by atoms with Gasteiger partial charge in [-0.1, -0.05) is 13.3 Å². The van der Waals surface area contributed by atoms with Crippen molar-refractivity contribution in [3.05, 3.63) is 38.4 Å². The molecule has 0 fully saturated rings. The van der Waals surface area contributed by atoms with Gasteiger partial charge >= 0.3 is 5.69 Å². The van der Waals surface area contributed by atoms with Crippen molar-refractivity contribution in [2.45, 2.75) is 40.0 Å². The van der Waals surface area contributed by atoms with Crippen LogP contribution in [0.5, 0.6) is 11.5 Å². The predicted octanol–water partition coefficient (Wildman–Crippen LogP) is 3.87. The number of rotatable bonds is 10. The van der Waals surface area contributed by atoms with E-state index < -0.39 is 4.92 Å². The largest absolute Gasteiger partial charge is 0.490 e. The van der Waals surface area contributed by atoms with Crippen molar-refractivity contribution in [3.8, 4) is 11.5 Å². The van der Waals surface area contributed by atoms with E-state index in [9.17, 15) is 10.1 Å². The predicted molar refractivity (Wildman–Crippen MR) is 104 cm³/mol. The fourth-order valence-electron chi connectivity index (χ4n) is 2.43. The molecule has 0 aliphatic heterocycles. The molecule has 1 N–H and O–H groups in total. The maximum absolute atomic E-state index is 11.5. The lowest BCUT2D eigenvalue weighted by atomic mass is 10.2. The molecule has 146 valence electrons. The summed E-state index contributed by atoms with van der Waals surface area (Å²) in [4.78, 5) is 11.0. The van der Waals surface area contributed by atoms with Crippen molar-refractivity contribution in [2.75, 3.05) is 13.2 Å². The Balaban J connectivity index is 2.44. The van der Waals surface area contributed by atoms with Gasteiger partial charge < -0.3 is 9.47 Å². The molecule has 9 nitrogen and oxygen atoms in total. The molecule has 0 radical (unpaired) electrons. The Morgan fingerprint density at radius 2 is 2.07 bits per heavy atom. The third-order valence-corrected chi connectivity index (χ3v) is 3.90. The zero-order chi connectivity index (χ0) is 19.8. The molecule has 0 aliphatic rings. The van der Waals surface area contributed by atoms with E-state index in [1.54, 1.807) is 19.9 Å². The summed E-state index contributed by atoms with van der Waals surface area (Å²) in [6.07, 6.45) is 4.20. The van der Waals surface area contributed by atoms with E-state index in [1.807, 2.05) is 0 Å². The third kappa shape index (κ3) is 5.13. The molecule has 0 atom stereocenters. The van der Waals surface area contributed by atoms with Crippen LogP contribution in [0.1, 0.15) is 45.0 Å². The molecule has 10 heteroatoms. The number of nitro groups is 1. The third-order valence-electron chi connectivity index (χ3n) is 3.64. The first-order valence-electron chi connectivity index (χ1n) is 8.80. The molecule has 0 amide bonds. The number of nitro benzene ring substituents is 1. The summed E-state index contributed by atoms with van der Waals surface area (Å²) in [6.45, 7) is 6.29. The molecule has 0 aliphatic carbocycles. The molecule has 0 saturated carbocycles. The molecule has 27 heavy (non-hydrogen) atoms. The average molecular weight is 393 g/mol. The number of aromatic amines is 1. The minimum Gasteiger partial charge on any atom is -0.490 e. The van der Waals surface area contributed by atoms with Gasteiger partial charge in [-0.15, -0.1) is 0 Å². The van der Waals surface area contributed by atoms with E-state index in [2.05, 4.69) is 22.2 Å². The van der Waals surface area contributed by atoms with Crippen LogP contribution in [-0.4, -0.2) is 39.2 Å². The van der Waals surface area contributed by atoms with Crippen molar-refractivity contribution < 1.29 is 14.4 Å². The van der Waals surface area contributed by atoms with E-state index >= 15 is 0 Å². The molecular formula is C17H23N5O4S. The molecule has 1 heterocycles. The van der Waals surface area contributed by atoms with Crippen LogP contribution < -0.4 is 9.47 Å². The standard InChI is InChI=1S/C17H23N5O4S/c1-4-7-8-15-19-20-17(27)21(15)18-11-12-9-13(22(23)24)16(26-6-3)14(10-12)25-5-2/h9-11H,4-8H2,1-3H3,(H,20,27)/b18-11-. The molecule has 0 bridgehead atoms. The lowest BCUT2D eigenvalue weighted by Gasteiger charge is -2.11. The molecule has 0 saturated heterocycles. The molecule has 2 aromatic rings. The van der Waals surface area contributed by atoms with Crippen LogP contribution in [-0.2, 0) is 6.42 Å². The number of hydrogen-bond donors (Lipinski definition) is 1. The lowest BCUT2D eigenvalue weighted by molar-refractivity contribution is -0.385. The highest BCUT2D eigenvalue weighted by atomic mass is 32.1. The SMILES string of the molecule is CCCCc1n[nH]c(=S)n1/N=C\c1cc(OCC)c(OCC)c([N+](=O)[O-])c1. The Labute approximate surface area is 162 Å². The van der Waals surface area contributed by atoms with Crippen LogP contribution in [0.2, 0.25) is 0 Å². The summed E-state index contributed by atoms with van der Waals surface area (Å²) >= 11 is 5.21. The van der Waals surface area contributed by atoms with Gasteiger partial charge in [0, 0.05) is 18.1 Å². The van der Waals surface area contributed by atoms with Crippen molar-refractivity contribution in [2.24, 2.45) is 5.10 Å². The first-order chi connectivity index (χ1) is 13.0. The van der Waals surface area contributed by atoms with Gasteiger partial charge in [-0.05, 0) is 38.6 Å². The Bertz CT molecular complexity index is 875. The minimum absolute atomic E-state index is 0.116. The van der Waals surface area contributed by atoms with Gasteiger partial charge in [-0.3, -0.25) is 15.2 Å². The highest BCUT2D eigenvalue weighted by Crippen LogP contribution is 2.38. The van der Waals surface area contributed by atoms with E-state index in [4.69, 9.17) is 21.7 Å². The van der Waals surface area contributed by atoms with Gasteiger partial charge in [0.15, 0.2) is 11.6 Å². The van der Waals surface area contributed by atoms with Crippen LogP contribution in [0.25, 0.3) is 0 Å². The van der Waals surface area contributed by atoms with Crippen LogP contribution >= 0.6 is 12.2 Å². The van der Waals surface area contributed by atoms with Crippen molar-refractivity contribution in [1.29, 1.82) is 0 Å². The maximum Gasteiger partial charge on any atom is 0.315 e. The van der Waals surface area contributed by atoms with Crippen LogP contribution in [0.15, 0.2) is 17.2 Å². The summed E-state index contributed by atoms with van der Waals surface area (Å²) < 4.78 is 12.8. The number of aromatic nitrogens is 3. The Kier molecular flexibility index (Phi) is 7.47. The highest BCUT2D eigenvalue weighted by molar-refractivity contribution is 7.71. The summed E-state index contributed by atoms with van der Waals surface area (Å²) in [5.74, 6) is 1.13. The fraction of sp³-hybridized carbons (Fsp3) is 0.471. The Morgan fingerprint density at radius 1 is 1.33 bits per heavy atom. The monoisotopic (exact) mass is 393 g/mol. The quantitative estimate of drug-likeness (QED) is 0.284. The number of ether oxygens (including phenoxy) is 2. The second-order valence-electron chi connectivity index (χ2n) is 5.60. The van der Waals surface area contributed by atoms with Gasteiger partial charge in [-0.25, -0.2) is 0 Å². The minimum atomic E-state index is -0.499. The van der Waals surface area contributed by atoms with Crippen molar-refractivity contribution >= 4 is 24.1 Å². The summed E-state index contributed by atoms with van der Waals surface area (Å²) in [5, 5.41) is 22.7. The lowest BCUT2D eigenvalue weighted by Crippen LogP contribution is -2.04. The topological polar surface area (TPSA) is 108 Å². The van der Waals surface area contributed by atoms with Crippen LogP contribution in [0, 0.1) is 14.9 Å². The van der Waals surface area contributed by atoms with E-state index in [-0.39, 0.29) is 11.4 Å². The van der Waals surface area contributed by atoms with Crippen molar-refractivity contribution in [1.82, 2.24) is 14.9 Å². The average Bonchev–Trinajstić information content (AvgIpc) is 2.99. The molecule has 2 rings (SSSR count). The number of nitrogens with zero attached hydrogens (tertiary/aromatic N) is 4. The number of nitrogens with one attached hydrogen (secondary N) is 1. The van der Waals surface area contributed by atoms with Gasteiger partial charge in [0.05, 0.1) is 24.4 Å². The normalized spacial score (nSPS) is 11.1. The van der Waals surface area contributed by atoms with Gasteiger partial charge in [-0.2, -0.15) is 14.9 Å². The summed E-state index contributed by atoms with van der Waals surface area (Å²) in [6, 6.07) is 3.05. The number of hydrogen-bond acceptors (Lipinski definition) is 7. The van der Waals surface area contributed by atoms with E-state index in [0.29, 0.717) is 35.1 Å². The Morgan fingerprint density at radius 3 is 2.70 bits per heavy atom. The van der Waals surface area contributed by atoms with Crippen molar-refractivity contribution in [3.63, 3.8) is 0 Å². The number of benzene rings is 1. The Hall–Kier alpha value is -2.75. The smallest absolute Gasteiger partial charge is 0.315 e. The second kappa shape index (κ2) is 9.81. The van der Waals surface area contributed by atoms with E-state index in [1.165, 1.54) is 17.0 Å². The molecule has 0 spiro atoms. The first kappa shape index (κ1) is 20.6. The van der Waals surface area contributed by atoms with Crippen LogP contribution in [0.3, 0.4) is 0 Å². The van der Waals surface area contributed by atoms with Crippen LogP contribution in [0.4, 0.5) is 5.69 Å². The van der Waals surface area contributed by atoms with Gasteiger partial charge in [0.25, 0.3) is 0 Å². The van der Waals surface area contributed by atoms with Gasteiger partial charge in [0.2, 0.25) is 10.5 Å². The first-order valence-corrected chi connectivity index (χ1v) is 9.21. The molecule has 1 aromatic carbocycles. The molecule has 1 aromatic heterocycles. The summed E-state index contributed by atoms with van der Waals surface area (Å²) in [5.41, 5.74) is 0.324. The number of aryl methyl sites for hydroxylation is 1. The highest BCUT2D eigenvalue weighted by Gasteiger charge is 2.22. The molecule has 0 unspecified atom stereocenters. The fourth-order valence-corrected chi connectivity index (χ4v) is 2.63. The zero-order valence-corrected chi connectivity index (χ0v) is 16.4. The van der Waals surface area contributed by atoms with Gasteiger partial charge in [0.1, 0.15) is 0 Å². The molecular weight excluding hydrogens is 370 g/mol. The number of H-pyrrole nitrogens is 1. The number of unbranched alkanes of at least 4 members (excludes halogenated alkanes) is 1. The second-order valence-corrected chi connectivity index (χ2v) is 5.98. The maximum atomic E-state index is 11.5. The summed E-state index contributed by atoms with van der Waals surface area (Å²) in [7, 11) is 0. The van der Waals surface area contributed by atoms with E-state index in [0.717, 1.165) is 19.3 Å². The zero-order valence-electron chi connectivity index (χ0n) is 15.6.